The van der Waals surface area contributed by atoms with E-state index in [4.69, 9.17) is 0 Å². The summed E-state index contributed by atoms with van der Waals surface area (Å²) in [7, 11) is 1.99. The second kappa shape index (κ2) is 5.48. The lowest BCUT2D eigenvalue weighted by atomic mass is 9.93. The topological polar surface area (TPSA) is 29.9 Å². The largest absolute Gasteiger partial charge is 0.314 e. The van der Waals surface area contributed by atoms with Crippen LogP contribution in [0, 0.1) is 5.92 Å². The van der Waals surface area contributed by atoms with Crippen LogP contribution in [-0.4, -0.2) is 22.4 Å². The Kier molecular flexibility index (Phi) is 3.99. The van der Waals surface area contributed by atoms with Gasteiger partial charge in [-0.1, -0.05) is 19.8 Å². The quantitative estimate of drug-likeness (QED) is 0.825. The van der Waals surface area contributed by atoms with Crippen LogP contribution in [-0.2, 0) is 13.5 Å². The molecule has 2 rings (SSSR count). The Labute approximate surface area is 98.2 Å². The zero-order valence-electron chi connectivity index (χ0n) is 10.4. The summed E-state index contributed by atoms with van der Waals surface area (Å²) in [5.74, 6) is 0.875. The fourth-order valence-electron chi connectivity index (χ4n) is 2.86. The van der Waals surface area contributed by atoms with E-state index >= 15 is 0 Å². The van der Waals surface area contributed by atoms with Crippen LogP contribution in [0.3, 0.4) is 0 Å². The number of nitrogens with one attached hydrogen (secondary N) is 1. The van der Waals surface area contributed by atoms with Gasteiger partial charge < -0.3 is 5.32 Å². The summed E-state index contributed by atoms with van der Waals surface area (Å²) in [6, 6.07) is 0.650. The molecule has 3 heteroatoms. The molecule has 1 atom stereocenters. The molecule has 1 saturated carbocycles. The highest BCUT2D eigenvalue weighted by molar-refractivity contribution is 5.07. The Morgan fingerprint density at radius 3 is 2.81 bits per heavy atom. The molecule has 0 amide bonds. The minimum absolute atomic E-state index is 0.650. The van der Waals surface area contributed by atoms with Crippen molar-refractivity contribution in [3.63, 3.8) is 0 Å². The van der Waals surface area contributed by atoms with Gasteiger partial charge in [-0.3, -0.25) is 4.68 Å². The number of hydrogen-bond acceptors (Lipinski definition) is 2. The third-order valence-electron chi connectivity index (χ3n) is 3.65. The van der Waals surface area contributed by atoms with E-state index in [-0.39, 0.29) is 0 Å². The van der Waals surface area contributed by atoms with Gasteiger partial charge in [-0.05, 0) is 37.3 Å². The fourth-order valence-corrected chi connectivity index (χ4v) is 2.86. The molecule has 90 valence electrons. The van der Waals surface area contributed by atoms with Crippen molar-refractivity contribution in [3.8, 4) is 0 Å². The van der Waals surface area contributed by atoms with Crippen LogP contribution < -0.4 is 5.32 Å². The van der Waals surface area contributed by atoms with Gasteiger partial charge in [-0.25, -0.2) is 0 Å². The first kappa shape index (κ1) is 11.6. The molecule has 1 aliphatic rings. The van der Waals surface area contributed by atoms with Gasteiger partial charge in [0.2, 0.25) is 0 Å². The van der Waals surface area contributed by atoms with Crippen molar-refractivity contribution in [2.75, 3.05) is 6.54 Å². The van der Waals surface area contributed by atoms with Crippen molar-refractivity contribution >= 4 is 0 Å². The number of hydrogen-bond donors (Lipinski definition) is 1. The maximum absolute atomic E-state index is 4.25. The van der Waals surface area contributed by atoms with Gasteiger partial charge in [0.15, 0.2) is 0 Å². The normalized spacial score (nSPS) is 19.1. The molecular formula is C13H23N3. The zero-order valence-corrected chi connectivity index (χ0v) is 10.4. The van der Waals surface area contributed by atoms with Crippen LogP contribution in [0.15, 0.2) is 12.4 Å². The van der Waals surface area contributed by atoms with Crippen LogP contribution in [0.25, 0.3) is 0 Å². The highest BCUT2D eigenvalue weighted by Gasteiger charge is 2.24. The maximum atomic E-state index is 4.25. The lowest BCUT2D eigenvalue weighted by Gasteiger charge is -2.23. The van der Waals surface area contributed by atoms with Crippen LogP contribution in [0.5, 0.6) is 0 Å². The molecule has 1 aromatic heterocycles. The highest BCUT2D eigenvalue weighted by Crippen LogP contribution is 2.29. The Bertz CT molecular complexity index is 313. The van der Waals surface area contributed by atoms with Crippen LogP contribution in [0.1, 0.15) is 38.2 Å². The second-order valence-electron chi connectivity index (χ2n) is 4.94. The summed E-state index contributed by atoms with van der Waals surface area (Å²) in [6.07, 6.45) is 10.9. The zero-order chi connectivity index (χ0) is 11.4. The van der Waals surface area contributed by atoms with Gasteiger partial charge in [0.1, 0.15) is 0 Å². The highest BCUT2D eigenvalue weighted by atomic mass is 15.2. The molecule has 0 bridgehead atoms. The lowest BCUT2D eigenvalue weighted by molar-refractivity contribution is 0.362. The maximum Gasteiger partial charge on any atom is 0.0522 e. The predicted molar refractivity (Wildman–Crippen MR) is 66.3 cm³/mol. The average molecular weight is 221 g/mol. The molecule has 3 nitrogen and oxygen atoms in total. The molecule has 16 heavy (non-hydrogen) atoms. The summed E-state index contributed by atoms with van der Waals surface area (Å²) in [5, 5.41) is 7.89. The number of aryl methyl sites for hydroxylation is 1. The molecule has 0 radical (unpaired) electrons. The number of rotatable bonds is 5. The monoisotopic (exact) mass is 221 g/mol. The fraction of sp³-hybridized carbons (Fsp3) is 0.769. The van der Waals surface area contributed by atoms with Gasteiger partial charge in [-0.15, -0.1) is 0 Å². The van der Waals surface area contributed by atoms with Gasteiger partial charge in [0.25, 0.3) is 0 Å². The second-order valence-corrected chi connectivity index (χ2v) is 4.94. The molecule has 0 saturated heterocycles. The van der Waals surface area contributed by atoms with E-state index in [0.717, 1.165) is 18.9 Å². The first-order valence-electron chi connectivity index (χ1n) is 6.50. The molecule has 1 N–H and O–H groups in total. The number of nitrogens with zero attached hydrogens (tertiary/aromatic N) is 2. The van der Waals surface area contributed by atoms with Gasteiger partial charge in [-0.2, -0.15) is 5.10 Å². The number of aromatic nitrogens is 2. The Balaban J connectivity index is 1.96. The first-order chi connectivity index (χ1) is 7.79. The van der Waals surface area contributed by atoms with Gasteiger partial charge in [0, 0.05) is 19.3 Å². The van der Waals surface area contributed by atoms with Crippen LogP contribution >= 0.6 is 0 Å². The molecule has 0 aromatic carbocycles. The third-order valence-corrected chi connectivity index (χ3v) is 3.65. The Hall–Kier alpha value is -0.830. The summed E-state index contributed by atoms with van der Waals surface area (Å²) < 4.78 is 1.90. The van der Waals surface area contributed by atoms with Crippen molar-refractivity contribution in [1.82, 2.24) is 15.1 Å². The standard InChI is InChI=1S/C13H23N3/c1-3-14-13(12-6-4-5-7-12)8-11-9-15-16(2)10-11/h9-10,12-14H,3-8H2,1-2H3. The van der Waals surface area contributed by atoms with E-state index in [9.17, 15) is 0 Å². The minimum Gasteiger partial charge on any atom is -0.314 e. The molecule has 1 heterocycles. The summed E-state index contributed by atoms with van der Waals surface area (Å²) in [6.45, 7) is 3.27. The van der Waals surface area contributed by atoms with E-state index in [0.29, 0.717) is 6.04 Å². The molecule has 0 spiro atoms. The average Bonchev–Trinajstić information content (AvgIpc) is 2.88. The van der Waals surface area contributed by atoms with Crippen molar-refractivity contribution < 1.29 is 0 Å². The summed E-state index contributed by atoms with van der Waals surface area (Å²) in [5.41, 5.74) is 1.36. The lowest BCUT2D eigenvalue weighted by Crippen LogP contribution is -2.36. The summed E-state index contributed by atoms with van der Waals surface area (Å²) >= 11 is 0. The van der Waals surface area contributed by atoms with Crippen LogP contribution in [0.2, 0.25) is 0 Å². The van der Waals surface area contributed by atoms with E-state index < -0.39 is 0 Å². The van der Waals surface area contributed by atoms with Crippen molar-refractivity contribution in [2.45, 2.75) is 45.1 Å². The first-order valence-corrected chi connectivity index (χ1v) is 6.50. The van der Waals surface area contributed by atoms with Gasteiger partial charge in [0.05, 0.1) is 6.20 Å². The van der Waals surface area contributed by atoms with E-state index in [2.05, 4.69) is 23.5 Å². The molecular weight excluding hydrogens is 198 g/mol. The number of likely N-dealkylation sites (N-methyl/N-ethyl adjacent to an activating group) is 1. The van der Waals surface area contributed by atoms with E-state index in [1.54, 1.807) is 0 Å². The molecule has 0 aliphatic heterocycles. The smallest absolute Gasteiger partial charge is 0.0522 e. The van der Waals surface area contributed by atoms with Crippen molar-refractivity contribution in [1.29, 1.82) is 0 Å². The summed E-state index contributed by atoms with van der Waals surface area (Å²) in [4.78, 5) is 0. The third kappa shape index (κ3) is 2.85. The predicted octanol–water partition coefficient (Wildman–Crippen LogP) is 2.13. The van der Waals surface area contributed by atoms with Crippen LogP contribution in [0.4, 0.5) is 0 Å². The SMILES string of the molecule is CCNC(Cc1cnn(C)c1)C1CCCC1. The van der Waals surface area contributed by atoms with E-state index in [1.807, 2.05) is 17.9 Å². The Morgan fingerprint density at radius 2 is 2.25 bits per heavy atom. The van der Waals surface area contributed by atoms with Gasteiger partial charge >= 0.3 is 0 Å². The molecule has 1 aromatic rings. The van der Waals surface area contributed by atoms with Crippen molar-refractivity contribution in [2.24, 2.45) is 13.0 Å². The van der Waals surface area contributed by atoms with Crippen molar-refractivity contribution in [3.05, 3.63) is 18.0 Å². The molecule has 1 unspecified atom stereocenters. The molecule has 1 fully saturated rings. The minimum atomic E-state index is 0.650. The Morgan fingerprint density at radius 1 is 1.50 bits per heavy atom. The molecule has 1 aliphatic carbocycles. The van der Waals surface area contributed by atoms with E-state index in [1.165, 1.54) is 31.2 Å².